The van der Waals surface area contributed by atoms with E-state index in [0.717, 1.165) is 33.6 Å². The number of ether oxygens (including phenoxy) is 1. The van der Waals surface area contributed by atoms with Crippen LogP contribution in [0.5, 0.6) is 11.8 Å². The van der Waals surface area contributed by atoms with Crippen LogP contribution in [0.1, 0.15) is 50.7 Å². The summed E-state index contributed by atoms with van der Waals surface area (Å²) in [5.74, 6) is 1.65. The first-order chi connectivity index (χ1) is 21.9. The average molecular weight is 814 g/mol. The monoisotopic (exact) mass is 813 g/mol. The minimum Gasteiger partial charge on any atom is -0.422 e. The molecule has 4 aromatic carbocycles. The van der Waals surface area contributed by atoms with Crippen molar-refractivity contribution in [3.8, 4) is 34.3 Å². The molecule has 0 aliphatic carbocycles. The summed E-state index contributed by atoms with van der Waals surface area (Å²) in [6, 6.07) is 40.9. The maximum absolute atomic E-state index is 6.58. The van der Waals surface area contributed by atoms with Gasteiger partial charge in [-0.1, -0.05) is 87.0 Å². The van der Waals surface area contributed by atoms with Crippen molar-refractivity contribution in [1.29, 1.82) is 0 Å². The van der Waals surface area contributed by atoms with Crippen molar-refractivity contribution in [1.82, 2.24) is 9.97 Å². The van der Waals surface area contributed by atoms with Gasteiger partial charge in [-0.25, -0.2) is 0 Å². The van der Waals surface area contributed by atoms with Crippen LogP contribution in [0.25, 0.3) is 62.9 Å². The fourth-order valence-corrected chi connectivity index (χ4v) is 8.36. The van der Waals surface area contributed by atoms with Crippen molar-refractivity contribution in [3.05, 3.63) is 120 Å². The molecule has 0 saturated heterocycles. The summed E-state index contributed by atoms with van der Waals surface area (Å²) in [7, 11) is 0. The zero-order valence-electron chi connectivity index (χ0n) is 25.8. The molecule has 0 unspecified atom stereocenters. The molecule has 0 fully saturated rings. The number of aromatic nitrogens is 2. The van der Waals surface area contributed by atoms with Crippen LogP contribution in [0.2, 0.25) is 0 Å². The van der Waals surface area contributed by atoms with E-state index >= 15 is 0 Å². The van der Waals surface area contributed by atoms with Crippen molar-refractivity contribution in [2.45, 2.75) is 39.5 Å². The van der Waals surface area contributed by atoms with Crippen molar-refractivity contribution >= 4 is 63.0 Å². The van der Waals surface area contributed by atoms with Crippen molar-refractivity contribution in [2.24, 2.45) is 0 Å². The smallest absolute Gasteiger partial charge is 0.422 e. The van der Waals surface area contributed by atoms with Crippen LogP contribution >= 0.6 is 22.7 Å². The van der Waals surface area contributed by atoms with Crippen LogP contribution in [-0.2, 0) is 21.1 Å². The quantitative estimate of drug-likeness (QED) is 0.157. The molecule has 0 aliphatic heterocycles. The van der Waals surface area contributed by atoms with Gasteiger partial charge in [0.1, 0.15) is 0 Å². The number of thiophene rings is 2. The normalized spacial score (nSPS) is 11.7. The standard InChI is InChI=1S/C40H30N2OS2.Pt/c1-23(2)25-19-33(31-15-9-13-29-27-11-5-7-17-35(27)44-39(29)31)41-37(21-25)43-38-22-26(24(3)4)20-34(42-38)32-16-10-14-30-28-12-6-8-18-36(28)45-40(30)32;/h5-14,17-24H,1-4H3;/q-2;+2. The summed E-state index contributed by atoms with van der Waals surface area (Å²) in [5, 5.41) is 4.98. The number of nitrogens with zero attached hydrogens (tertiary/aromatic N) is 2. The summed E-state index contributed by atoms with van der Waals surface area (Å²) in [6.07, 6.45) is 0. The number of hydrogen-bond donors (Lipinski definition) is 0. The van der Waals surface area contributed by atoms with Crippen LogP contribution in [0.15, 0.2) is 97.1 Å². The second-order valence-electron chi connectivity index (χ2n) is 12.0. The Morgan fingerprint density at radius 2 is 1.00 bits per heavy atom. The Bertz CT molecular complexity index is 2220. The molecular weight excluding hydrogens is 784 g/mol. The Morgan fingerprint density at radius 1 is 0.565 bits per heavy atom. The van der Waals surface area contributed by atoms with Crippen LogP contribution < -0.4 is 4.74 Å². The SMILES string of the molecule is CC(C)c1cc(Oc2cc(C(C)C)cc(-c3[c-]ccc4c3sc3ccccc34)n2)nc(-c2[c-]ccc3c2sc2ccccc23)c1.[Pt+2]. The Labute approximate surface area is 291 Å². The van der Waals surface area contributed by atoms with E-state index in [1.807, 2.05) is 24.3 Å². The third-order valence-electron chi connectivity index (χ3n) is 8.38. The second kappa shape index (κ2) is 12.4. The predicted molar refractivity (Wildman–Crippen MR) is 191 cm³/mol. The molecular formula is C40H30N2OPtS2. The Morgan fingerprint density at radius 3 is 1.43 bits per heavy atom. The maximum Gasteiger partial charge on any atom is 2.00 e. The number of rotatable bonds is 6. The molecule has 228 valence electrons. The molecule has 0 radical (unpaired) electrons. The van der Waals surface area contributed by atoms with Crippen molar-refractivity contribution < 1.29 is 25.8 Å². The summed E-state index contributed by atoms with van der Waals surface area (Å²) in [6.45, 7) is 8.79. The van der Waals surface area contributed by atoms with E-state index in [-0.39, 0.29) is 21.1 Å². The fraction of sp³-hybridized carbons (Fsp3) is 0.150. The minimum absolute atomic E-state index is 0. The van der Waals surface area contributed by atoms with Gasteiger partial charge in [0, 0.05) is 21.5 Å². The van der Waals surface area contributed by atoms with Crippen molar-refractivity contribution in [3.63, 3.8) is 0 Å². The van der Waals surface area contributed by atoms with Crippen LogP contribution in [0.3, 0.4) is 0 Å². The summed E-state index contributed by atoms with van der Waals surface area (Å²) in [4.78, 5) is 10.1. The Hall–Kier alpha value is -3.89. The van der Waals surface area contributed by atoms with Crippen LogP contribution in [0, 0.1) is 12.1 Å². The molecule has 46 heavy (non-hydrogen) atoms. The molecule has 0 aliphatic rings. The zero-order valence-corrected chi connectivity index (χ0v) is 29.7. The topological polar surface area (TPSA) is 35.0 Å². The molecule has 4 aromatic heterocycles. The summed E-state index contributed by atoms with van der Waals surface area (Å²) < 4.78 is 11.5. The predicted octanol–water partition coefficient (Wildman–Crippen LogP) is 12.2. The van der Waals surface area contributed by atoms with Crippen LogP contribution in [-0.4, -0.2) is 9.97 Å². The molecule has 3 nitrogen and oxygen atoms in total. The molecule has 8 aromatic rings. The van der Waals surface area contributed by atoms with Gasteiger partial charge < -0.3 is 4.74 Å². The van der Waals surface area contributed by atoms with Gasteiger partial charge in [-0.05, 0) is 66.7 Å². The third kappa shape index (κ3) is 5.45. The molecule has 0 bridgehead atoms. The van der Waals surface area contributed by atoms with Gasteiger partial charge in [0.25, 0.3) is 0 Å². The first-order valence-electron chi connectivity index (χ1n) is 15.3. The van der Waals surface area contributed by atoms with E-state index in [1.54, 1.807) is 22.7 Å². The molecule has 6 heteroatoms. The van der Waals surface area contributed by atoms with Gasteiger partial charge in [0.05, 0.1) is 0 Å². The number of fused-ring (bicyclic) bond motifs is 6. The first kappa shape index (κ1) is 30.7. The van der Waals surface area contributed by atoms with Crippen molar-refractivity contribution in [2.75, 3.05) is 0 Å². The molecule has 4 heterocycles. The Balaban J connectivity index is 0.00000338. The van der Waals surface area contributed by atoms with Gasteiger partial charge in [-0.15, -0.1) is 47.5 Å². The van der Waals surface area contributed by atoms with Gasteiger partial charge in [-0.2, -0.15) is 22.7 Å². The first-order valence-corrected chi connectivity index (χ1v) is 16.9. The minimum atomic E-state index is 0. The number of pyridine rings is 2. The molecule has 0 spiro atoms. The zero-order chi connectivity index (χ0) is 30.7. The van der Waals surface area contributed by atoms with E-state index in [0.29, 0.717) is 23.6 Å². The van der Waals surface area contributed by atoms with Gasteiger partial charge in [0.15, 0.2) is 0 Å². The van der Waals surface area contributed by atoms with Gasteiger partial charge >= 0.3 is 21.1 Å². The van der Waals surface area contributed by atoms with E-state index in [4.69, 9.17) is 14.7 Å². The Kier molecular flexibility index (Phi) is 8.27. The maximum atomic E-state index is 6.58. The molecule has 0 saturated carbocycles. The third-order valence-corrected chi connectivity index (χ3v) is 10.8. The van der Waals surface area contributed by atoms with Crippen LogP contribution in [0.4, 0.5) is 0 Å². The number of hydrogen-bond acceptors (Lipinski definition) is 5. The molecule has 0 amide bonds. The molecule has 8 rings (SSSR count). The largest absolute Gasteiger partial charge is 2.00 e. The van der Waals surface area contributed by atoms with Gasteiger partial charge in [0.2, 0.25) is 11.8 Å². The van der Waals surface area contributed by atoms with E-state index in [1.165, 1.54) is 40.3 Å². The van der Waals surface area contributed by atoms with E-state index < -0.39 is 0 Å². The van der Waals surface area contributed by atoms with E-state index in [2.05, 4.69) is 113 Å². The number of benzene rings is 4. The van der Waals surface area contributed by atoms with E-state index in [9.17, 15) is 0 Å². The average Bonchev–Trinajstić information content (AvgIpc) is 3.63. The van der Waals surface area contributed by atoms with Gasteiger partial charge in [-0.3, -0.25) is 9.97 Å². The summed E-state index contributed by atoms with van der Waals surface area (Å²) >= 11 is 3.57. The fourth-order valence-electron chi connectivity index (χ4n) is 5.95. The molecule has 0 atom stereocenters. The molecule has 0 N–H and O–H groups in total. The second-order valence-corrected chi connectivity index (χ2v) is 14.2. The summed E-state index contributed by atoms with van der Waals surface area (Å²) in [5.41, 5.74) is 6.03.